The van der Waals surface area contributed by atoms with Crippen molar-refractivity contribution in [2.75, 3.05) is 11.9 Å². The first-order valence-electron chi connectivity index (χ1n) is 8.52. The summed E-state index contributed by atoms with van der Waals surface area (Å²) in [5.41, 5.74) is 6.01. The van der Waals surface area contributed by atoms with Gasteiger partial charge in [0, 0.05) is 17.3 Å². The fourth-order valence-corrected chi connectivity index (χ4v) is 3.09. The topological polar surface area (TPSA) is 53.5 Å². The Kier molecular flexibility index (Phi) is 5.61. The highest BCUT2D eigenvalue weighted by Crippen LogP contribution is 2.30. The zero-order valence-electron chi connectivity index (χ0n) is 13.7. The van der Waals surface area contributed by atoms with Gasteiger partial charge in [0.15, 0.2) is 0 Å². The van der Waals surface area contributed by atoms with Gasteiger partial charge < -0.3 is 5.32 Å². The number of hydrogen-bond donors (Lipinski definition) is 2. The molecule has 0 bridgehead atoms. The molecule has 0 aromatic heterocycles. The van der Waals surface area contributed by atoms with Crippen LogP contribution in [0.25, 0.3) is 0 Å². The molecule has 0 saturated heterocycles. The number of hydrazone groups is 1. The molecular formula is C20H23N3O. The lowest BCUT2D eigenvalue weighted by molar-refractivity contribution is -0.119. The summed E-state index contributed by atoms with van der Waals surface area (Å²) in [6.07, 6.45) is 4.40. The van der Waals surface area contributed by atoms with Crippen molar-refractivity contribution in [2.45, 2.75) is 31.6 Å². The Morgan fingerprint density at radius 1 is 1.00 bits per heavy atom. The van der Waals surface area contributed by atoms with Crippen LogP contribution in [0, 0.1) is 0 Å². The molecule has 1 amide bonds. The second-order valence-electron chi connectivity index (χ2n) is 6.07. The molecule has 2 aromatic rings. The van der Waals surface area contributed by atoms with Crippen molar-refractivity contribution in [3.63, 3.8) is 0 Å². The first-order chi connectivity index (χ1) is 11.8. The van der Waals surface area contributed by atoms with Crippen molar-refractivity contribution in [1.82, 2.24) is 5.43 Å². The highest BCUT2D eigenvalue weighted by molar-refractivity contribution is 5.93. The van der Waals surface area contributed by atoms with Gasteiger partial charge in [-0.3, -0.25) is 4.79 Å². The Balaban J connectivity index is 1.58. The Hall–Kier alpha value is -2.62. The van der Waals surface area contributed by atoms with Gasteiger partial charge in [0.05, 0.1) is 6.54 Å². The lowest BCUT2D eigenvalue weighted by Gasteiger charge is -2.24. The molecule has 1 fully saturated rings. The predicted molar refractivity (Wildman–Crippen MR) is 98.2 cm³/mol. The van der Waals surface area contributed by atoms with E-state index in [0.29, 0.717) is 5.92 Å². The van der Waals surface area contributed by atoms with Crippen LogP contribution < -0.4 is 10.7 Å². The number of nitrogens with one attached hydrogen (secondary N) is 2. The summed E-state index contributed by atoms with van der Waals surface area (Å²) in [6.45, 7) is 0.219. The van der Waals surface area contributed by atoms with Crippen LogP contribution in [0.15, 0.2) is 65.8 Å². The molecule has 1 saturated carbocycles. The number of para-hydroxylation sites is 1. The van der Waals surface area contributed by atoms with Crippen molar-refractivity contribution in [1.29, 1.82) is 0 Å². The third-order valence-electron chi connectivity index (χ3n) is 4.33. The van der Waals surface area contributed by atoms with Gasteiger partial charge in [0.1, 0.15) is 0 Å². The first kappa shape index (κ1) is 16.2. The zero-order valence-corrected chi connectivity index (χ0v) is 13.7. The van der Waals surface area contributed by atoms with Crippen molar-refractivity contribution in [3.05, 3.63) is 66.2 Å². The SMILES string of the molecule is O=C(CNc1ccccc1)NN=C1CCCC[C@@H]1c1ccccc1. The molecule has 24 heavy (non-hydrogen) atoms. The van der Waals surface area contributed by atoms with Gasteiger partial charge >= 0.3 is 0 Å². The van der Waals surface area contributed by atoms with Gasteiger partial charge in [-0.05, 0) is 37.0 Å². The number of carbonyl (C=O) groups is 1. The summed E-state index contributed by atoms with van der Waals surface area (Å²) in [5.74, 6) is 0.200. The van der Waals surface area contributed by atoms with Crippen LogP contribution in [0.4, 0.5) is 5.69 Å². The zero-order chi connectivity index (χ0) is 16.6. The van der Waals surface area contributed by atoms with E-state index in [1.165, 1.54) is 12.0 Å². The molecule has 3 rings (SSSR count). The minimum absolute atomic E-state index is 0.122. The second kappa shape index (κ2) is 8.29. The summed E-state index contributed by atoms with van der Waals surface area (Å²) in [4.78, 5) is 12.0. The van der Waals surface area contributed by atoms with Crippen LogP contribution in [0.5, 0.6) is 0 Å². The number of anilines is 1. The van der Waals surface area contributed by atoms with E-state index in [1.807, 2.05) is 36.4 Å². The molecule has 2 aromatic carbocycles. The number of hydrogen-bond acceptors (Lipinski definition) is 3. The average molecular weight is 321 g/mol. The van der Waals surface area contributed by atoms with Crippen molar-refractivity contribution >= 4 is 17.3 Å². The lowest BCUT2D eigenvalue weighted by Crippen LogP contribution is -2.29. The number of rotatable bonds is 5. The van der Waals surface area contributed by atoms with Crippen molar-refractivity contribution < 1.29 is 4.79 Å². The highest BCUT2D eigenvalue weighted by Gasteiger charge is 2.22. The summed E-state index contributed by atoms with van der Waals surface area (Å²) in [6, 6.07) is 20.1. The number of nitrogens with zero attached hydrogens (tertiary/aromatic N) is 1. The Morgan fingerprint density at radius 2 is 1.71 bits per heavy atom. The molecular weight excluding hydrogens is 298 g/mol. The van der Waals surface area contributed by atoms with E-state index in [2.05, 4.69) is 40.1 Å². The van der Waals surface area contributed by atoms with E-state index in [-0.39, 0.29) is 12.5 Å². The van der Waals surface area contributed by atoms with Crippen LogP contribution in [-0.2, 0) is 4.79 Å². The van der Waals surface area contributed by atoms with Crippen molar-refractivity contribution in [2.24, 2.45) is 5.10 Å². The number of carbonyl (C=O) groups excluding carboxylic acids is 1. The minimum Gasteiger partial charge on any atom is -0.376 e. The fourth-order valence-electron chi connectivity index (χ4n) is 3.09. The highest BCUT2D eigenvalue weighted by atomic mass is 16.2. The minimum atomic E-state index is -0.122. The third-order valence-corrected chi connectivity index (χ3v) is 4.33. The predicted octanol–water partition coefficient (Wildman–Crippen LogP) is 3.93. The van der Waals surface area contributed by atoms with Gasteiger partial charge in [0.2, 0.25) is 0 Å². The molecule has 2 N–H and O–H groups in total. The van der Waals surface area contributed by atoms with E-state index < -0.39 is 0 Å². The molecule has 0 unspecified atom stereocenters. The fraction of sp³-hybridized carbons (Fsp3) is 0.300. The lowest BCUT2D eigenvalue weighted by atomic mass is 9.82. The Morgan fingerprint density at radius 3 is 2.46 bits per heavy atom. The molecule has 1 atom stereocenters. The molecule has 0 heterocycles. The quantitative estimate of drug-likeness (QED) is 0.820. The maximum absolute atomic E-state index is 12.0. The van der Waals surface area contributed by atoms with Gasteiger partial charge in [-0.25, -0.2) is 5.43 Å². The summed E-state index contributed by atoms with van der Waals surface area (Å²) in [5, 5.41) is 7.52. The maximum atomic E-state index is 12.0. The Bertz CT molecular complexity index is 683. The molecule has 0 radical (unpaired) electrons. The van der Waals surface area contributed by atoms with Gasteiger partial charge in [-0.15, -0.1) is 0 Å². The van der Waals surface area contributed by atoms with Gasteiger partial charge in [0.25, 0.3) is 5.91 Å². The van der Waals surface area contributed by atoms with Crippen LogP contribution >= 0.6 is 0 Å². The van der Waals surface area contributed by atoms with Crippen LogP contribution in [0.1, 0.15) is 37.2 Å². The van der Waals surface area contributed by atoms with E-state index in [4.69, 9.17) is 0 Å². The van der Waals surface area contributed by atoms with Crippen LogP contribution in [0.3, 0.4) is 0 Å². The average Bonchev–Trinajstić information content (AvgIpc) is 2.66. The van der Waals surface area contributed by atoms with Gasteiger partial charge in [-0.1, -0.05) is 55.0 Å². The van der Waals surface area contributed by atoms with Gasteiger partial charge in [-0.2, -0.15) is 5.10 Å². The molecule has 1 aliphatic rings. The Labute approximate surface area is 143 Å². The largest absolute Gasteiger partial charge is 0.376 e. The molecule has 4 heteroatoms. The number of benzene rings is 2. The molecule has 0 aliphatic heterocycles. The molecule has 4 nitrogen and oxygen atoms in total. The smallest absolute Gasteiger partial charge is 0.259 e. The standard InChI is InChI=1S/C20H23N3O/c24-20(15-21-17-11-5-2-6-12-17)23-22-19-14-8-7-13-18(19)16-9-3-1-4-10-16/h1-6,9-12,18,21H,7-8,13-15H2,(H,23,24)/t18-/m1/s1. The maximum Gasteiger partial charge on any atom is 0.259 e. The van der Waals surface area contributed by atoms with E-state index in [1.54, 1.807) is 0 Å². The molecule has 0 spiro atoms. The molecule has 1 aliphatic carbocycles. The van der Waals surface area contributed by atoms with Crippen LogP contribution in [-0.4, -0.2) is 18.2 Å². The summed E-state index contributed by atoms with van der Waals surface area (Å²) in [7, 11) is 0. The number of amides is 1. The van der Waals surface area contributed by atoms with E-state index in [0.717, 1.165) is 30.7 Å². The normalized spacial score (nSPS) is 19.0. The van der Waals surface area contributed by atoms with E-state index >= 15 is 0 Å². The van der Waals surface area contributed by atoms with Crippen LogP contribution in [0.2, 0.25) is 0 Å². The molecule has 124 valence electrons. The van der Waals surface area contributed by atoms with E-state index in [9.17, 15) is 4.79 Å². The van der Waals surface area contributed by atoms with Crippen molar-refractivity contribution in [3.8, 4) is 0 Å². The second-order valence-corrected chi connectivity index (χ2v) is 6.07. The monoisotopic (exact) mass is 321 g/mol. The summed E-state index contributed by atoms with van der Waals surface area (Å²) < 4.78 is 0. The summed E-state index contributed by atoms with van der Waals surface area (Å²) >= 11 is 0. The third kappa shape index (κ3) is 4.44. The first-order valence-corrected chi connectivity index (χ1v) is 8.52.